The molecule has 0 unspecified atom stereocenters. The number of hydrogen-bond acceptors (Lipinski definition) is 6. The molecule has 0 saturated heterocycles. The van der Waals surface area contributed by atoms with Crippen molar-refractivity contribution in [1.29, 1.82) is 5.26 Å². The van der Waals surface area contributed by atoms with E-state index in [1.165, 1.54) is 17.4 Å². The van der Waals surface area contributed by atoms with Crippen LogP contribution in [0.4, 0.5) is 11.6 Å². The molecule has 1 saturated carbocycles. The molecule has 20 heavy (non-hydrogen) atoms. The van der Waals surface area contributed by atoms with Crippen molar-refractivity contribution in [2.75, 3.05) is 11.1 Å². The summed E-state index contributed by atoms with van der Waals surface area (Å²) < 4.78 is 1.48. The van der Waals surface area contributed by atoms with Crippen molar-refractivity contribution in [3.8, 4) is 11.9 Å². The Kier molecular flexibility index (Phi) is 2.99. The molecule has 1 aliphatic carbocycles. The van der Waals surface area contributed by atoms with Crippen molar-refractivity contribution in [1.82, 2.24) is 19.7 Å². The molecule has 102 valence electrons. The highest BCUT2D eigenvalue weighted by Crippen LogP contribution is 2.28. The number of nitrogen functional groups attached to an aromatic ring is 1. The summed E-state index contributed by atoms with van der Waals surface area (Å²) >= 11 is 0. The summed E-state index contributed by atoms with van der Waals surface area (Å²) in [6.45, 7) is 1.86. The molecular weight excluding hydrogens is 254 g/mol. The molecule has 1 fully saturated rings. The van der Waals surface area contributed by atoms with Crippen LogP contribution < -0.4 is 11.1 Å². The fourth-order valence-electron chi connectivity index (χ4n) is 2.12. The predicted molar refractivity (Wildman–Crippen MR) is 74.3 cm³/mol. The molecule has 1 aliphatic rings. The second kappa shape index (κ2) is 4.81. The zero-order valence-electron chi connectivity index (χ0n) is 11.2. The van der Waals surface area contributed by atoms with Gasteiger partial charge in [-0.15, -0.1) is 5.10 Å². The van der Waals surface area contributed by atoms with Crippen LogP contribution in [0.15, 0.2) is 12.4 Å². The molecule has 0 aliphatic heterocycles. The summed E-state index contributed by atoms with van der Waals surface area (Å²) in [6, 6.07) is 4.27. The van der Waals surface area contributed by atoms with Crippen LogP contribution in [0.3, 0.4) is 0 Å². The number of nitrogens with one attached hydrogen (secondary N) is 1. The van der Waals surface area contributed by atoms with Gasteiger partial charge < -0.3 is 11.1 Å². The van der Waals surface area contributed by atoms with Gasteiger partial charge in [0.15, 0.2) is 11.6 Å². The maximum Gasteiger partial charge on any atom is 0.169 e. The highest BCUT2D eigenvalue weighted by Gasteiger charge is 2.23. The molecule has 0 bridgehead atoms. The van der Waals surface area contributed by atoms with Gasteiger partial charge in [-0.2, -0.15) is 9.94 Å². The van der Waals surface area contributed by atoms with E-state index in [0.717, 1.165) is 18.5 Å². The van der Waals surface area contributed by atoms with E-state index in [1.54, 1.807) is 6.07 Å². The highest BCUT2D eigenvalue weighted by molar-refractivity contribution is 5.65. The minimum absolute atomic E-state index is 0.299. The lowest BCUT2D eigenvalue weighted by molar-refractivity contribution is 0.444. The summed E-state index contributed by atoms with van der Waals surface area (Å²) in [6.07, 6.45) is 4.87. The Morgan fingerprint density at radius 3 is 2.85 bits per heavy atom. The van der Waals surface area contributed by atoms with E-state index >= 15 is 0 Å². The van der Waals surface area contributed by atoms with Crippen molar-refractivity contribution < 1.29 is 0 Å². The molecule has 3 N–H and O–H groups in total. The monoisotopic (exact) mass is 269 g/mol. The summed E-state index contributed by atoms with van der Waals surface area (Å²) in [4.78, 5) is 8.19. The molecule has 7 nitrogen and oxygen atoms in total. The standard InChI is InChI=1S/C13H15N7/c1-8-5-11(17-7-16-8)20-12(15)10(6-14)13(19-20)18-9-3-2-4-9/h5,7,9H,2-4,15H2,1H3,(H,18,19). The van der Waals surface area contributed by atoms with Gasteiger partial charge in [0.05, 0.1) is 0 Å². The van der Waals surface area contributed by atoms with E-state index in [1.807, 2.05) is 6.92 Å². The number of nitriles is 1. The second-order valence-corrected chi connectivity index (χ2v) is 4.92. The zero-order valence-corrected chi connectivity index (χ0v) is 11.2. The van der Waals surface area contributed by atoms with Crippen molar-refractivity contribution in [3.63, 3.8) is 0 Å². The largest absolute Gasteiger partial charge is 0.382 e. The molecule has 0 radical (unpaired) electrons. The van der Waals surface area contributed by atoms with Gasteiger partial charge in [-0.05, 0) is 26.2 Å². The Balaban J connectivity index is 2.01. The van der Waals surface area contributed by atoms with Gasteiger partial charge in [0.2, 0.25) is 0 Å². The van der Waals surface area contributed by atoms with Crippen LogP contribution >= 0.6 is 0 Å². The van der Waals surface area contributed by atoms with E-state index in [-0.39, 0.29) is 0 Å². The molecule has 0 amide bonds. The van der Waals surface area contributed by atoms with E-state index in [0.29, 0.717) is 29.1 Å². The Labute approximate surface area is 116 Å². The predicted octanol–water partition coefficient (Wildman–Crippen LogP) is 1.39. The van der Waals surface area contributed by atoms with Crippen LogP contribution in [0.2, 0.25) is 0 Å². The minimum Gasteiger partial charge on any atom is -0.382 e. The zero-order chi connectivity index (χ0) is 14.1. The maximum absolute atomic E-state index is 9.26. The highest BCUT2D eigenvalue weighted by atomic mass is 15.4. The van der Waals surface area contributed by atoms with E-state index in [9.17, 15) is 5.26 Å². The molecule has 0 atom stereocenters. The van der Waals surface area contributed by atoms with Gasteiger partial charge in [0.25, 0.3) is 0 Å². The van der Waals surface area contributed by atoms with Crippen LogP contribution in [0.25, 0.3) is 5.82 Å². The van der Waals surface area contributed by atoms with Crippen molar-refractivity contribution in [2.24, 2.45) is 0 Å². The van der Waals surface area contributed by atoms with Crippen molar-refractivity contribution in [2.45, 2.75) is 32.2 Å². The van der Waals surface area contributed by atoms with Gasteiger partial charge >= 0.3 is 0 Å². The third-order valence-electron chi connectivity index (χ3n) is 3.49. The average Bonchev–Trinajstić information content (AvgIpc) is 2.70. The first-order valence-corrected chi connectivity index (χ1v) is 6.53. The first kappa shape index (κ1) is 12.4. The molecule has 7 heteroatoms. The number of nitrogens with two attached hydrogens (primary N) is 1. The van der Waals surface area contributed by atoms with Gasteiger partial charge in [0, 0.05) is 17.8 Å². The summed E-state index contributed by atoms with van der Waals surface area (Å²) in [5, 5.41) is 16.9. The van der Waals surface area contributed by atoms with E-state index in [2.05, 4.69) is 26.5 Å². The lowest BCUT2D eigenvalue weighted by Gasteiger charge is -2.26. The molecule has 0 spiro atoms. The van der Waals surface area contributed by atoms with Crippen LogP contribution in [-0.4, -0.2) is 25.8 Å². The Morgan fingerprint density at radius 2 is 2.25 bits per heavy atom. The average molecular weight is 269 g/mol. The Morgan fingerprint density at radius 1 is 1.45 bits per heavy atom. The maximum atomic E-state index is 9.26. The molecule has 2 aromatic rings. The second-order valence-electron chi connectivity index (χ2n) is 4.92. The lowest BCUT2D eigenvalue weighted by Crippen LogP contribution is -2.27. The SMILES string of the molecule is Cc1cc(-n2nc(NC3CCC3)c(C#N)c2N)ncn1. The number of aryl methyl sites for hydroxylation is 1. The quantitative estimate of drug-likeness (QED) is 0.872. The smallest absolute Gasteiger partial charge is 0.169 e. The minimum atomic E-state index is 0.299. The summed E-state index contributed by atoms with van der Waals surface area (Å²) in [5.41, 5.74) is 7.19. The van der Waals surface area contributed by atoms with Crippen LogP contribution in [0.1, 0.15) is 30.5 Å². The van der Waals surface area contributed by atoms with Gasteiger partial charge in [-0.3, -0.25) is 0 Å². The Bertz CT molecular complexity index is 679. The molecule has 3 rings (SSSR count). The molecular formula is C13H15N7. The van der Waals surface area contributed by atoms with Crippen molar-refractivity contribution in [3.05, 3.63) is 23.7 Å². The van der Waals surface area contributed by atoms with Crippen LogP contribution in [0, 0.1) is 18.3 Å². The fourth-order valence-corrected chi connectivity index (χ4v) is 2.12. The summed E-state index contributed by atoms with van der Waals surface area (Å²) in [7, 11) is 0. The first-order valence-electron chi connectivity index (χ1n) is 6.53. The third-order valence-corrected chi connectivity index (χ3v) is 3.49. The van der Waals surface area contributed by atoms with Crippen molar-refractivity contribution >= 4 is 11.6 Å². The Hall–Kier alpha value is -2.62. The molecule has 2 heterocycles. The van der Waals surface area contributed by atoms with E-state index in [4.69, 9.17) is 5.73 Å². The van der Waals surface area contributed by atoms with Crippen LogP contribution in [-0.2, 0) is 0 Å². The fraction of sp³-hybridized carbons (Fsp3) is 0.385. The van der Waals surface area contributed by atoms with Gasteiger partial charge in [0.1, 0.15) is 23.8 Å². The number of anilines is 2. The number of aromatic nitrogens is 4. The normalized spacial score (nSPS) is 14.6. The van der Waals surface area contributed by atoms with E-state index < -0.39 is 0 Å². The number of nitrogens with zero attached hydrogens (tertiary/aromatic N) is 5. The number of rotatable bonds is 3. The summed E-state index contributed by atoms with van der Waals surface area (Å²) in [5.74, 6) is 1.39. The third kappa shape index (κ3) is 2.05. The van der Waals surface area contributed by atoms with Gasteiger partial charge in [-0.1, -0.05) is 0 Å². The lowest BCUT2D eigenvalue weighted by atomic mass is 9.93. The first-order chi connectivity index (χ1) is 9.69. The topological polar surface area (TPSA) is 105 Å². The van der Waals surface area contributed by atoms with Crippen LogP contribution in [0.5, 0.6) is 0 Å². The van der Waals surface area contributed by atoms with Gasteiger partial charge in [-0.25, -0.2) is 9.97 Å². The number of hydrogen-bond donors (Lipinski definition) is 2. The molecule has 0 aromatic carbocycles. The molecule has 2 aromatic heterocycles.